The number of nitrogens with zero attached hydrogens (tertiary/aromatic N) is 2. The summed E-state index contributed by atoms with van der Waals surface area (Å²) in [5, 5.41) is 18.1. The molecule has 0 spiro atoms. The largest absolute Gasteiger partial charge is 0.476 e. The molecule has 13 heteroatoms. The predicted octanol–water partition coefficient (Wildman–Crippen LogP) is 4.81. The van der Waals surface area contributed by atoms with Gasteiger partial charge in [0, 0.05) is 17.8 Å². The molecule has 0 aliphatic heterocycles. The third-order valence-corrected chi connectivity index (χ3v) is 7.66. The van der Waals surface area contributed by atoms with E-state index in [0.717, 1.165) is 10.7 Å². The summed E-state index contributed by atoms with van der Waals surface area (Å²) in [5.74, 6) is -2.61. The number of benzene rings is 2. The number of aromatic carboxylic acids is 1. The van der Waals surface area contributed by atoms with Gasteiger partial charge in [0.2, 0.25) is 15.9 Å². The number of nitrogens with one attached hydrogen (secondary N) is 2. The van der Waals surface area contributed by atoms with Crippen molar-refractivity contribution in [3.63, 3.8) is 0 Å². The minimum Gasteiger partial charge on any atom is -0.476 e. The molecule has 0 bridgehead atoms. The smallest absolute Gasteiger partial charge is 0.356 e. The minimum absolute atomic E-state index is 0.0988. The Morgan fingerprint density at radius 2 is 1.95 bits per heavy atom. The maximum Gasteiger partial charge on any atom is 0.356 e. The molecule has 0 radical (unpaired) electrons. The lowest BCUT2D eigenvalue weighted by Crippen LogP contribution is -2.25. The molecule has 4 rings (SSSR count). The van der Waals surface area contributed by atoms with Crippen molar-refractivity contribution in [2.45, 2.75) is 25.2 Å². The van der Waals surface area contributed by atoms with E-state index in [-0.39, 0.29) is 45.7 Å². The molecule has 0 unspecified atom stereocenters. The third-order valence-electron chi connectivity index (χ3n) is 5.31. The lowest BCUT2D eigenvalue weighted by atomic mass is 10.2. The molecule has 10 nitrogen and oxygen atoms in total. The summed E-state index contributed by atoms with van der Waals surface area (Å²) in [4.78, 5) is 24.5. The highest BCUT2D eigenvalue weighted by Gasteiger charge is 2.26. The van der Waals surface area contributed by atoms with Gasteiger partial charge in [-0.05, 0) is 61.2 Å². The Kier molecular flexibility index (Phi) is 7.90. The first-order chi connectivity index (χ1) is 18.1. The van der Waals surface area contributed by atoms with Crippen LogP contribution in [0.5, 0.6) is 11.6 Å². The molecule has 0 aliphatic carbocycles. The van der Waals surface area contributed by atoms with E-state index in [4.69, 9.17) is 4.74 Å². The number of carboxylic acids is 1. The Labute approximate surface area is 221 Å². The zero-order valence-electron chi connectivity index (χ0n) is 20.3. The molecule has 3 N–H and O–H groups in total. The number of hydrogen-bond acceptors (Lipinski definition) is 7. The zero-order valence-corrected chi connectivity index (χ0v) is 21.9. The van der Waals surface area contributed by atoms with Gasteiger partial charge in [-0.1, -0.05) is 19.1 Å². The molecular formula is C25H23FN4O6S2. The SMILES string of the molecule is CCCNS(=O)(=O)c1cc(NC(=O)c2cccs2)ccc1Oc1c(C)c(C(=O)O)nn1-c1cccc(F)c1. The van der Waals surface area contributed by atoms with Gasteiger partial charge in [-0.15, -0.1) is 11.3 Å². The lowest BCUT2D eigenvalue weighted by Gasteiger charge is -2.16. The van der Waals surface area contributed by atoms with Gasteiger partial charge < -0.3 is 15.2 Å². The number of ether oxygens (including phenoxy) is 1. The highest BCUT2D eigenvalue weighted by Crippen LogP contribution is 2.35. The second kappa shape index (κ2) is 11.1. The van der Waals surface area contributed by atoms with Crippen molar-refractivity contribution in [3.8, 4) is 17.3 Å². The standard InChI is InChI=1S/C25H23FN4O6S2/c1-3-11-27-38(34,35)21-14-17(28-23(31)20-8-5-12-37-20)9-10-19(21)36-24-15(2)22(25(32)33)29-30(24)18-7-4-6-16(26)13-18/h4-10,12-14,27H,3,11H2,1-2H3,(H,28,31)(H,32,33). The quantitative estimate of drug-likeness (QED) is 0.254. The lowest BCUT2D eigenvalue weighted by molar-refractivity contribution is 0.0689. The number of amides is 1. The normalized spacial score (nSPS) is 11.3. The van der Waals surface area contributed by atoms with Crippen molar-refractivity contribution in [1.82, 2.24) is 14.5 Å². The molecule has 0 atom stereocenters. The molecule has 38 heavy (non-hydrogen) atoms. The molecule has 198 valence electrons. The van der Waals surface area contributed by atoms with Crippen LogP contribution in [0, 0.1) is 12.7 Å². The van der Waals surface area contributed by atoms with Gasteiger partial charge in [-0.25, -0.2) is 22.3 Å². The van der Waals surface area contributed by atoms with Crippen LogP contribution in [0.3, 0.4) is 0 Å². The predicted molar refractivity (Wildman–Crippen MR) is 139 cm³/mol. The Morgan fingerprint density at radius 1 is 1.16 bits per heavy atom. The number of aromatic nitrogens is 2. The summed E-state index contributed by atoms with van der Waals surface area (Å²) >= 11 is 1.23. The van der Waals surface area contributed by atoms with Crippen LogP contribution >= 0.6 is 11.3 Å². The first kappa shape index (κ1) is 27.0. The van der Waals surface area contributed by atoms with Gasteiger partial charge in [-0.2, -0.15) is 9.78 Å². The number of thiophene rings is 1. The number of sulfonamides is 1. The first-order valence-corrected chi connectivity index (χ1v) is 13.7. The zero-order chi connectivity index (χ0) is 27.4. The number of halogens is 1. The van der Waals surface area contributed by atoms with Crippen LogP contribution in [-0.2, 0) is 10.0 Å². The van der Waals surface area contributed by atoms with Gasteiger partial charge in [0.25, 0.3) is 5.91 Å². The highest BCUT2D eigenvalue weighted by molar-refractivity contribution is 7.89. The Balaban J connectivity index is 1.81. The highest BCUT2D eigenvalue weighted by atomic mass is 32.2. The van der Waals surface area contributed by atoms with E-state index < -0.39 is 27.7 Å². The molecule has 2 heterocycles. The van der Waals surface area contributed by atoms with Crippen LogP contribution < -0.4 is 14.8 Å². The third kappa shape index (κ3) is 5.74. The van der Waals surface area contributed by atoms with Crippen molar-refractivity contribution in [3.05, 3.63) is 81.9 Å². The van der Waals surface area contributed by atoms with Crippen LogP contribution in [0.4, 0.5) is 10.1 Å². The average molecular weight is 559 g/mol. The summed E-state index contributed by atoms with van der Waals surface area (Å²) in [5.41, 5.74) is 0.123. The monoisotopic (exact) mass is 558 g/mol. The number of carbonyl (C=O) groups excluding carboxylic acids is 1. The van der Waals surface area contributed by atoms with Gasteiger partial charge >= 0.3 is 5.97 Å². The maximum atomic E-state index is 13.9. The van der Waals surface area contributed by atoms with Crippen molar-refractivity contribution in [2.75, 3.05) is 11.9 Å². The molecule has 4 aromatic rings. The summed E-state index contributed by atoms with van der Waals surface area (Å²) in [7, 11) is -4.12. The molecule has 2 aromatic heterocycles. The fourth-order valence-electron chi connectivity index (χ4n) is 3.49. The summed E-state index contributed by atoms with van der Waals surface area (Å²) < 4.78 is 49.9. The van der Waals surface area contributed by atoms with E-state index in [1.807, 2.05) is 0 Å². The van der Waals surface area contributed by atoms with Gasteiger partial charge in [0.15, 0.2) is 5.69 Å². The van der Waals surface area contributed by atoms with Crippen LogP contribution in [0.15, 0.2) is 64.9 Å². The van der Waals surface area contributed by atoms with E-state index in [0.29, 0.717) is 11.3 Å². The molecule has 0 saturated carbocycles. The van der Waals surface area contributed by atoms with E-state index in [1.54, 1.807) is 24.4 Å². The molecule has 0 fully saturated rings. The minimum atomic E-state index is -4.12. The summed E-state index contributed by atoms with van der Waals surface area (Å²) in [6, 6.07) is 12.7. The van der Waals surface area contributed by atoms with Gasteiger partial charge in [0.05, 0.1) is 10.6 Å². The van der Waals surface area contributed by atoms with E-state index >= 15 is 0 Å². The van der Waals surface area contributed by atoms with Crippen LogP contribution in [0.2, 0.25) is 0 Å². The first-order valence-electron chi connectivity index (χ1n) is 11.4. The van der Waals surface area contributed by atoms with Gasteiger partial charge in [-0.3, -0.25) is 4.79 Å². The van der Waals surface area contributed by atoms with E-state index in [9.17, 15) is 27.5 Å². The molecule has 0 saturated heterocycles. The maximum absolute atomic E-state index is 13.9. The number of carbonyl (C=O) groups is 2. The molecule has 0 aliphatic rings. The van der Waals surface area contributed by atoms with Crippen LogP contribution in [0.25, 0.3) is 5.69 Å². The second-order valence-electron chi connectivity index (χ2n) is 8.07. The number of carboxylic acid groups (broad SMARTS) is 1. The van der Waals surface area contributed by atoms with Crippen molar-refractivity contribution < 1.29 is 32.2 Å². The van der Waals surface area contributed by atoms with Crippen molar-refractivity contribution >= 4 is 38.9 Å². The summed E-state index contributed by atoms with van der Waals surface area (Å²) in [6.45, 7) is 3.39. The van der Waals surface area contributed by atoms with E-state index in [1.165, 1.54) is 54.7 Å². The Hall–Kier alpha value is -4.07. The van der Waals surface area contributed by atoms with Gasteiger partial charge in [0.1, 0.15) is 16.5 Å². The summed E-state index contributed by atoms with van der Waals surface area (Å²) in [6.07, 6.45) is 0.525. The van der Waals surface area contributed by atoms with Crippen LogP contribution in [0.1, 0.15) is 39.1 Å². The van der Waals surface area contributed by atoms with Crippen molar-refractivity contribution in [1.29, 1.82) is 0 Å². The van der Waals surface area contributed by atoms with E-state index in [2.05, 4.69) is 15.1 Å². The van der Waals surface area contributed by atoms with Crippen LogP contribution in [-0.4, -0.2) is 41.7 Å². The Bertz CT molecular complexity index is 1600. The topological polar surface area (TPSA) is 140 Å². The number of rotatable bonds is 10. The fourth-order valence-corrected chi connectivity index (χ4v) is 5.39. The molecule has 2 aromatic carbocycles. The average Bonchev–Trinajstić information content (AvgIpc) is 3.53. The fraction of sp³-hybridized carbons (Fsp3) is 0.160. The second-order valence-corrected chi connectivity index (χ2v) is 10.8. The number of anilines is 1. The molecule has 1 amide bonds. The Morgan fingerprint density at radius 3 is 2.61 bits per heavy atom. The molecular weight excluding hydrogens is 535 g/mol. The van der Waals surface area contributed by atoms with Crippen molar-refractivity contribution in [2.24, 2.45) is 0 Å². The number of hydrogen-bond donors (Lipinski definition) is 3.